The smallest absolute Gasteiger partial charge is 0.0705 e. The summed E-state index contributed by atoms with van der Waals surface area (Å²) in [7, 11) is 2.16. The van der Waals surface area contributed by atoms with Gasteiger partial charge in [-0.2, -0.15) is 0 Å². The van der Waals surface area contributed by atoms with Gasteiger partial charge in [0.2, 0.25) is 0 Å². The summed E-state index contributed by atoms with van der Waals surface area (Å²) in [6.45, 7) is 5.89. The summed E-state index contributed by atoms with van der Waals surface area (Å²) in [4.78, 5) is 2.35. The maximum Gasteiger partial charge on any atom is 0.0705 e. The van der Waals surface area contributed by atoms with E-state index in [1.54, 1.807) is 0 Å². The third kappa shape index (κ3) is 4.07. The van der Waals surface area contributed by atoms with Crippen LogP contribution in [0.1, 0.15) is 19.8 Å². The lowest BCUT2D eigenvalue weighted by molar-refractivity contribution is 0.0333. The highest BCUT2D eigenvalue weighted by atomic mass is 16.5. The van der Waals surface area contributed by atoms with Crippen LogP contribution >= 0.6 is 0 Å². The molecular formula is C10H22N2O. The zero-order valence-electron chi connectivity index (χ0n) is 8.83. The minimum absolute atomic E-state index is 0.394. The van der Waals surface area contributed by atoms with Crippen molar-refractivity contribution in [2.75, 3.05) is 33.3 Å². The maximum atomic E-state index is 5.69. The Labute approximate surface area is 81.2 Å². The van der Waals surface area contributed by atoms with E-state index in [0.717, 1.165) is 12.5 Å². The summed E-state index contributed by atoms with van der Waals surface area (Å²) in [6.07, 6.45) is 2.87. The molecule has 0 saturated carbocycles. The molecule has 1 aliphatic heterocycles. The van der Waals surface area contributed by atoms with E-state index < -0.39 is 0 Å². The van der Waals surface area contributed by atoms with Crippen molar-refractivity contribution < 1.29 is 4.74 Å². The van der Waals surface area contributed by atoms with Crippen LogP contribution in [0.15, 0.2) is 0 Å². The molecule has 3 nitrogen and oxygen atoms in total. The fourth-order valence-corrected chi connectivity index (χ4v) is 1.88. The third-order valence-corrected chi connectivity index (χ3v) is 2.66. The van der Waals surface area contributed by atoms with Gasteiger partial charge in [0.1, 0.15) is 0 Å². The molecule has 2 N–H and O–H groups in total. The summed E-state index contributed by atoms with van der Waals surface area (Å²) in [5, 5.41) is 0. The average Bonchev–Trinajstić information content (AvgIpc) is 2.25. The van der Waals surface area contributed by atoms with E-state index in [1.165, 1.54) is 19.4 Å². The molecule has 1 saturated heterocycles. The van der Waals surface area contributed by atoms with Crippen molar-refractivity contribution in [3.05, 3.63) is 0 Å². The van der Waals surface area contributed by atoms with Gasteiger partial charge in [-0.3, -0.25) is 0 Å². The van der Waals surface area contributed by atoms with E-state index in [2.05, 4.69) is 18.9 Å². The standard InChI is InChI=1S/C10H22N2O/c1-9-3-5-12(2)8-10(7-9)13-6-4-11/h9-10H,3-8,11H2,1-2H3. The molecule has 0 aliphatic carbocycles. The summed E-state index contributed by atoms with van der Waals surface area (Å²) in [5.74, 6) is 0.785. The predicted octanol–water partition coefficient (Wildman–Crippen LogP) is 0.692. The van der Waals surface area contributed by atoms with E-state index in [0.29, 0.717) is 19.3 Å². The lowest BCUT2D eigenvalue weighted by Gasteiger charge is -2.20. The Morgan fingerprint density at radius 1 is 1.54 bits per heavy atom. The Hall–Kier alpha value is -0.120. The molecule has 1 fully saturated rings. The maximum absolute atomic E-state index is 5.69. The van der Waals surface area contributed by atoms with Crippen LogP contribution in [0.25, 0.3) is 0 Å². The van der Waals surface area contributed by atoms with Gasteiger partial charge in [0.15, 0.2) is 0 Å². The van der Waals surface area contributed by atoms with E-state index in [-0.39, 0.29) is 0 Å². The molecule has 2 atom stereocenters. The van der Waals surface area contributed by atoms with Crippen LogP contribution < -0.4 is 5.73 Å². The summed E-state index contributed by atoms with van der Waals surface area (Å²) in [6, 6.07) is 0. The summed E-state index contributed by atoms with van der Waals surface area (Å²) >= 11 is 0. The van der Waals surface area contributed by atoms with Crippen LogP contribution in [0.4, 0.5) is 0 Å². The first-order valence-corrected chi connectivity index (χ1v) is 5.22. The molecule has 3 heteroatoms. The highest BCUT2D eigenvalue weighted by Crippen LogP contribution is 2.18. The van der Waals surface area contributed by atoms with Crippen LogP contribution in [-0.2, 0) is 4.74 Å². The zero-order valence-corrected chi connectivity index (χ0v) is 8.83. The van der Waals surface area contributed by atoms with Crippen LogP contribution in [0.3, 0.4) is 0 Å². The van der Waals surface area contributed by atoms with Gasteiger partial charge in [-0.25, -0.2) is 0 Å². The first-order chi connectivity index (χ1) is 6.22. The average molecular weight is 186 g/mol. The van der Waals surface area contributed by atoms with Crippen molar-refractivity contribution in [1.29, 1.82) is 0 Å². The number of ether oxygens (including phenoxy) is 1. The van der Waals surface area contributed by atoms with Crippen LogP contribution in [0, 0.1) is 5.92 Å². The number of likely N-dealkylation sites (tertiary alicyclic amines) is 1. The number of hydrogen-bond acceptors (Lipinski definition) is 3. The minimum Gasteiger partial charge on any atom is -0.376 e. The van der Waals surface area contributed by atoms with Gasteiger partial charge in [-0.05, 0) is 32.4 Å². The molecule has 78 valence electrons. The molecule has 0 amide bonds. The number of hydrogen-bond donors (Lipinski definition) is 1. The molecular weight excluding hydrogens is 164 g/mol. The molecule has 0 aromatic carbocycles. The summed E-state index contributed by atoms with van der Waals surface area (Å²) < 4.78 is 5.69. The molecule has 1 aliphatic rings. The molecule has 0 aromatic heterocycles. The van der Waals surface area contributed by atoms with Crippen molar-refractivity contribution in [2.24, 2.45) is 11.7 Å². The van der Waals surface area contributed by atoms with Gasteiger partial charge in [-0.1, -0.05) is 6.92 Å². The second kappa shape index (κ2) is 5.58. The molecule has 0 bridgehead atoms. The van der Waals surface area contributed by atoms with Crippen LogP contribution in [0.5, 0.6) is 0 Å². The fourth-order valence-electron chi connectivity index (χ4n) is 1.88. The Balaban J connectivity index is 2.32. The van der Waals surface area contributed by atoms with Crippen molar-refractivity contribution in [3.63, 3.8) is 0 Å². The lowest BCUT2D eigenvalue weighted by atomic mass is 10.0. The Kier molecular flexibility index (Phi) is 4.70. The topological polar surface area (TPSA) is 38.5 Å². The van der Waals surface area contributed by atoms with Gasteiger partial charge < -0.3 is 15.4 Å². The molecule has 0 spiro atoms. The molecule has 0 radical (unpaired) electrons. The predicted molar refractivity (Wildman–Crippen MR) is 54.7 cm³/mol. The molecule has 2 unspecified atom stereocenters. The van der Waals surface area contributed by atoms with Crippen molar-refractivity contribution in [2.45, 2.75) is 25.9 Å². The minimum atomic E-state index is 0.394. The molecule has 1 heterocycles. The molecule has 1 rings (SSSR count). The first-order valence-electron chi connectivity index (χ1n) is 5.22. The second-order valence-corrected chi connectivity index (χ2v) is 4.17. The van der Waals surface area contributed by atoms with Gasteiger partial charge in [0.25, 0.3) is 0 Å². The van der Waals surface area contributed by atoms with E-state index in [9.17, 15) is 0 Å². The largest absolute Gasteiger partial charge is 0.376 e. The van der Waals surface area contributed by atoms with Gasteiger partial charge in [-0.15, -0.1) is 0 Å². The summed E-state index contributed by atoms with van der Waals surface area (Å²) in [5.41, 5.74) is 5.42. The lowest BCUT2D eigenvalue weighted by Crippen LogP contribution is -2.30. The Morgan fingerprint density at radius 3 is 3.00 bits per heavy atom. The molecule has 13 heavy (non-hydrogen) atoms. The Bertz CT molecular complexity index is 129. The van der Waals surface area contributed by atoms with Crippen LogP contribution in [-0.4, -0.2) is 44.3 Å². The van der Waals surface area contributed by atoms with Crippen molar-refractivity contribution in [1.82, 2.24) is 4.90 Å². The number of likely N-dealkylation sites (N-methyl/N-ethyl adjacent to an activating group) is 1. The zero-order chi connectivity index (χ0) is 9.68. The van der Waals surface area contributed by atoms with Crippen LogP contribution in [0.2, 0.25) is 0 Å². The van der Waals surface area contributed by atoms with E-state index in [4.69, 9.17) is 10.5 Å². The highest BCUT2D eigenvalue weighted by Gasteiger charge is 2.19. The molecule has 0 aromatic rings. The van der Waals surface area contributed by atoms with E-state index >= 15 is 0 Å². The highest BCUT2D eigenvalue weighted by molar-refractivity contribution is 4.72. The second-order valence-electron chi connectivity index (χ2n) is 4.17. The van der Waals surface area contributed by atoms with Gasteiger partial charge in [0, 0.05) is 13.1 Å². The SMILES string of the molecule is CC1CCN(C)CC(OCCN)C1. The Morgan fingerprint density at radius 2 is 2.31 bits per heavy atom. The van der Waals surface area contributed by atoms with Gasteiger partial charge in [0.05, 0.1) is 12.7 Å². The third-order valence-electron chi connectivity index (χ3n) is 2.66. The van der Waals surface area contributed by atoms with Gasteiger partial charge >= 0.3 is 0 Å². The monoisotopic (exact) mass is 186 g/mol. The van der Waals surface area contributed by atoms with E-state index in [1.807, 2.05) is 0 Å². The van der Waals surface area contributed by atoms with Crippen molar-refractivity contribution in [3.8, 4) is 0 Å². The first kappa shape index (κ1) is 11.0. The normalized spacial score (nSPS) is 31.6. The quantitative estimate of drug-likeness (QED) is 0.705. The number of nitrogens with zero attached hydrogens (tertiary/aromatic N) is 1. The fraction of sp³-hybridized carbons (Fsp3) is 1.00. The number of rotatable bonds is 3. The van der Waals surface area contributed by atoms with Crippen molar-refractivity contribution >= 4 is 0 Å². The number of nitrogens with two attached hydrogens (primary N) is 1.